The molecule has 1 aromatic carbocycles. The first-order valence-corrected chi connectivity index (χ1v) is 8.23. The maximum atomic E-state index is 13.0. The average molecular weight is 306 g/mol. The van der Waals surface area contributed by atoms with E-state index in [0.29, 0.717) is 5.92 Å². The van der Waals surface area contributed by atoms with Crippen LogP contribution in [0.15, 0.2) is 24.3 Å². The third-order valence-corrected chi connectivity index (χ3v) is 4.57. The van der Waals surface area contributed by atoms with E-state index in [9.17, 15) is 9.18 Å². The molecule has 0 radical (unpaired) electrons. The van der Waals surface area contributed by atoms with E-state index in [-0.39, 0.29) is 23.7 Å². The van der Waals surface area contributed by atoms with Crippen LogP contribution in [0.4, 0.5) is 4.39 Å². The second kappa shape index (κ2) is 7.73. The van der Waals surface area contributed by atoms with E-state index in [1.165, 1.54) is 12.1 Å². The summed E-state index contributed by atoms with van der Waals surface area (Å²) in [6.45, 7) is 8.86. The summed E-state index contributed by atoms with van der Waals surface area (Å²) in [6, 6.07) is 6.83. The van der Waals surface area contributed by atoms with Gasteiger partial charge in [-0.05, 0) is 49.9 Å². The van der Waals surface area contributed by atoms with E-state index >= 15 is 0 Å². The van der Waals surface area contributed by atoms with Crippen LogP contribution in [0, 0.1) is 17.7 Å². The summed E-state index contributed by atoms with van der Waals surface area (Å²) in [4.78, 5) is 14.7. The molecular weight excluding hydrogens is 279 g/mol. The highest BCUT2D eigenvalue weighted by molar-refractivity contribution is 5.79. The van der Waals surface area contributed by atoms with Crippen molar-refractivity contribution in [1.29, 1.82) is 0 Å². The number of rotatable bonds is 5. The highest BCUT2D eigenvalue weighted by atomic mass is 19.1. The fraction of sp³-hybridized carbons (Fsp3) is 0.611. The smallest absolute Gasteiger partial charge is 0.224 e. The van der Waals surface area contributed by atoms with Crippen LogP contribution in [0.2, 0.25) is 0 Å². The standard InChI is InChI=1S/C18H27FN2O/c1-13(2)14(3)20-18(22)16-5-4-10-21(12-16)11-15-6-8-17(19)9-7-15/h6-9,13-14,16H,4-5,10-12H2,1-3H3,(H,20,22)/t14-,16-/m0/s1. The van der Waals surface area contributed by atoms with Crippen molar-refractivity contribution in [3.05, 3.63) is 35.6 Å². The van der Waals surface area contributed by atoms with Crippen molar-refractivity contribution >= 4 is 5.91 Å². The van der Waals surface area contributed by atoms with Gasteiger partial charge < -0.3 is 5.32 Å². The normalized spacial score (nSPS) is 20.9. The average Bonchev–Trinajstić information content (AvgIpc) is 2.49. The Morgan fingerprint density at radius 1 is 1.32 bits per heavy atom. The highest BCUT2D eigenvalue weighted by Gasteiger charge is 2.26. The monoisotopic (exact) mass is 306 g/mol. The van der Waals surface area contributed by atoms with Crippen molar-refractivity contribution in [2.24, 2.45) is 11.8 Å². The van der Waals surface area contributed by atoms with Crippen molar-refractivity contribution in [3.8, 4) is 0 Å². The number of halogens is 1. The molecule has 1 aromatic rings. The summed E-state index contributed by atoms with van der Waals surface area (Å²) in [5.41, 5.74) is 1.10. The Morgan fingerprint density at radius 2 is 2.00 bits per heavy atom. The van der Waals surface area contributed by atoms with Crippen LogP contribution in [-0.4, -0.2) is 29.9 Å². The molecule has 2 rings (SSSR count). The van der Waals surface area contributed by atoms with Crippen molar-refractivity contribution < 1.29 is 9.18 Å². The summed E-state index contributed by atoms with van der Waals surface area (Å²) in [5.74, 6) is 0.477. The molecule has 0 saturated carbocycles. The van der Waals surface area contributed by atoms with Gasteiger partial charge in [0.1, 0.15) is 5.82 Å². The number of likely N-dealkylation sites (tertiary alicyclic amines) is 1. The van der Waals surface area contributed by atoms with Crippen LogP contribution in [0.1, 0.15) is 39.2 Å². The molecule has 1 saturated heterocycles. The molecule has 1 aliphatic heterocycles. The Kier molecular flexibility index (Phi) is 5.95. The lowest BCUT2D eigenvalue weighted by molar-refractivity contribution is -0.127. The molecule has 1 N–H and O–H groups in total. The molecule has 1 fully saturated rings. The number of piperidine rings is 1. The molecule has 0 unspecified atom stereocenters. The first kappa shape index (κ1) is 16.9. The summed E-state index contributed by atoms with van der Waals surface area (Å²) in [6.07, 6.45) is 1.99. The fourth-order valence-electron chi connectivity index (χ4n) is 2.77. The van der Waals surface area contributed by atoms with E-state index < -0.39 is 0 Å². The minimum absolute atomic E-state index is 0.0652. The third kappa shape index (κ3) is 4.80. The number of amides is 1. The Bertz CT molecular complexity index is 486. The molecule has 2 atom stereocenters. The van der Waals surface area contributed by atoms with Gasteiger partial charge in [0, 0.05) is 19.1 Å². The molecule has 22 heavy (non-hydrogen) atoms. The molecule has 1 heterocycles. The maximum Gasteiger partial charge on any atom is 0.224 e. The van der Waals surface area contributed by atoms with E-state index in [2.05, 4.69) is 31.0 Å². The van der Waals surface area contributed by atoms with Crippen LogP contribution >= 0.6 is 0 Å². The molecule has 4 heteroatoms. The van der Waals surface area contributed by atoms with Crippen LogP contribution in [0.5, 0.6) is 0 Å². The Morgan fingerprint density at radius 3 is 2.64 bits per heavy atom. The zero-order valence-corrected chi connectivity index (χ0v) is 13.8. The second-order valence-electron chi connectivity index (χ2n) is 6.74. The summed E-state index contributed by atoms with van der Waals surface area (Å²) in [5, 5.41) is 3.13. The number of carbonyl (C=O) groups is 1. The quantitative estimate of drug-likeness (QED) is 0.906. The van der Waals surface area contributed by atoms with Gasteiger partial charge in [0.15, 0.2) is 0 Å². The SMILES string of the molecule is CC(C)[C@H](C)NC(=O)[C@H]1CCCN(Cc2ccc(F)cc2)C1. The van der Waals surface area contributed by atoms with E-state index in [1.807, 2.05) is 12.1 Å². The van der Waals surface area contributed by atoms with Crippen LogP contribution in [0.25, 0.3) is 0 Å². The predicted octanol–water partition coefficient (Wildman–Crippen LogP) is 3.20. The minimum atomic E-state index is -0.206. The molecule has 0 aromatic heterocycles. The molecule has 0 aliphatic carbocycles. The molecule has 3 nitrogen and oxygen atoms in total. The zero-order chi connectivity index (χ0) is 16.1. The molecule has 0 bridgehead atoms. The largest absolute Gasteiger partial charge is 0.353 e. The molecular formula is C18H27FN2O. The Hall–Kier alpha value is -1.42. The number of carbonyl (C=O) groups excluding carboxylic acids is 1. The lowest BCUT2D eigenvalue weighted by Crippen LogP contribution is -2.46. The van der Waals surface area contributed by atoms with Gasteiger partial charge in [0.2, 0.25) is 5.91 Å². The van der Waals surface area contributed by atoms with E-state index in [1.54, 1.807) is 0 Å². The predicted molar refractivity (Wildman–Crippen MR) is 86.8 cm³/mol. The summed E-state index contributed by atoms with van der Waals surface area (Å²) in [7, 11) is 0. The number of benzene rings is 1. The summed E-state index contributed by atoms with van der Waals surface area (Å²) < 4.78 is 13.0. The Balaban J connectivity index is 1.88. The van der Waals surface area contributed by atoms with Crippen LogP contribution < -0.4 is 5.32 Å². The molecule has 0 spiro atoms. The first-order valence-electron chi connectivity index (χ1n) is 8.23. The van der Waals surface area contributed by atoms with Gasteiger partial charge in [-0.15, -0.1) is 0 Å². The van der Waals surface area contributed by atoms with Gasteiger partial charge in [0.05, 0.1) is 5.92 Å². The number of nitrogens with zero attached hydrogens (tertiary/aromatic N) is 1. The van der Waals surface area contributed by atoms with Crippen molar-refractivity contribution in [3.63, 3.8) is 0 Å². The van der Waals surface area contributed by atoms with Crippen LogP contribution in [-0.2, 0) is 11.3 Å². The number of hydrogen-bond acceptors (Lipinski definition) is 2. The topological polar surface area (TPSA) is 32.3 Å². The lowest BCUT2D eigenvalue weighted by atomic mass is 9.95. The van der Waals surface area contributed by atoms with E-state index in [4.69, 9.17) is 0 Å². The van der Waals surface area contributed by atoms with Crippen molar-refractivity contribution in [2.75, 3.05) is 13.1 Å². The first-order chi connectivity index (χ1) is 10.5. The summed E-state index contributed by atoms with van der Waals surface area (Å²) >= 11 is 0. The van der Waals surface area contributed by atoms with Crippen molar-refractivity contribution in [1.82, 2.24) is 10.2 Å². The molecule has 122 valence electrons. The zero-order valence-electron chi connectivity index (χ0n) is 13.8. The van der Waals surface area contributed by atoms with Crippen molar-refractivity contribution in [2.45, 2.75) is 46.2 Å². The van der Waals surface area contributed by atoms with Gasteiger partial charge >= 0.3 is 0 Å². The van der Waals surface area contributed by atoms with Gasteiger partial charge in [-0.2, -0.15) is 0 Å². The minimum Gasteiger partial charge on any atom is -0.353 e. The lowest BCUT2D eigenvalue weighted by Gasteiger charge is -2.33. The van der Waals surface area contributed by atoms with E-state index in [0.717, 1.165) is 38.0 Å². The second-order valence-corrected chi connectivity index (χ2v) is 6.74. The highest BCUT2D eigenvalue weighted by Crippen LogP contribution is 2.19. The fourth-order valence-corrected chi connectivity index (χ4v) is 2.77. The third-order valence-electron chi connectivity index (χ3n) is 4.57. The number of hydrogen-bond donors (Lipinski definition) is 1. The molecule has 1 aliphatic rings. The van der Waals surface area contributed by atoms with Gasteiger partial charge in [-0.25, -0.2) is 4.39 Å². The van der Waals surface area contributed by atoms with Gasteiger partial charge in [-0.1, -0.05) is 26.0 Å². The van der Waals surface area contributed by atoms with Gasteiger partial charge in [0.25, 0.3) is 0 Å². The Labute approximate surface area is 132 Å². The van der Waals surface area contributed by atoms with Gasteiger partial charge in [-0.3, -0.25) is 9.69 Å². The van der Waals surface area contributed by atoms with Crippen LogP contribution in [0.3, 0.4) is 0 Å². The molecule has 1 amide bonds. The number of nitrogens with one attached hydrogen (secondary N) is 1. The maximum absolute atomic E-state index is 13.0.